The van der Waals surface area contributed by atoms with Crippen molar-refractivity contribution < 1.29 is 23.0 Å². The summed E-state index contributed by atoms with van der Waals surface area (Å²) in [5.41, 5.74) is -1.89. The van der Waals surface area contributed by atoms with E-state index in [0.29, 0.717) is 12.1 Å². The number of hydrogen-bond donors (Lipinski definition) is 1. The maximum absolute atomic E-state index is 13.8. The molecule has 0 unspecified atom stereocenters. The average Bonchev–Trinajstić information content (AvgIpc) is 2.83. The summed E-state index contributed by atoms with van der Waals surface area (Å²) in [7, 11) is 0. The number of carbonyl (C=O) groups is 1. The van der Waals surface area contributed by atoms with E-state index in [-0.39, 0.29) is 18.3 Å². The van der Waals surface area contributed by atoms with Crippen LogP contribution < -0.4 is 5.32 Å². The number of hydrogen-bond acceptors (Lipinski definition) is 6. The van der Waals surface area contributed by atoms with Crippen molar-refractivity contribution in [1.82, 2.24) is 15.5 Å². The first kappa shape index (κ1) is 14.5. The van der Waals surface area contributed by atoms with Crippen LogP contribution in [0.3, 0.4) is 0 Å². The Morgan fingerprint density at radius 2 is 2.19 bits per heavy atom. The van der Waals surface area contributed by atoms with Crippen LogP contribution in [-0.2, 0) is 6.54 Å². The predicted octanol–water partition coefficient (Wildman–Crippen LogP) is 1.49. The van der Waals surface area contributed by atoms with Crippen LogP contribution in [0.5, 0.6) is 0 Å². The minimum Gasteiger partial charge on any atom is -0.345 e. The number of nitrogens with zero attached hydrogens (tertiary/aromatic N) is 3. The Labute approximate surface area is 115 Å². The number of rotatable bonds is 4. The molecule has 0 fully saturated rings. The number of carbonyl (C=O) groups excluding carboxylic acids is 1. The van der Waals surface area contributed by atoms with E-state index in [2.05, 4.69) is 20.0 Å². The molecule has 1 N–H and O–H groups in total. The third kappa shape index (κ3) is 3.16. The topological polar surface area (TPSA) is 111 Å². The number of halogens is 2. The lowest BCUT2D eigenvalue weighted by molar-refractivity contribution is -0.387. The molecule has 1 aromatic carbocycles. The van der Waals surface area contributed by atoms with Gasteiger partial charge < -0.3 is 9.84 Å². The Morgan fingerprint density at radius 3 is 2.76 bits per heavy atom. The van der Waals surface area contributed by atoms with Gasteiger partial charge in [-0.3, -0.25) is 14.9 Å². The van der Waals surface area contributed by atoms with Crippen molar-refractivity contribution >= 4 is 11.6 Å². The highest BCUT2D eigenvalue weighted by Gasteiger charge is 2.24. The molecule has 0 aliphatic carbocycles. The molecule has 10 heteroatoms. The van der Waals surface area contributed by atoms with Crippen LogP contribution >= 0.6 is 0 Å². The van der Waals surface area contributed by atoms with Crippen LogP contribution in [0.15, 0.2) is 16.7 Å². The van der Waals surface area contributed by atoms with Gasteiger partial charge in [0.2, 0.25) is 11.7 Å². The third-order valence-electron chi connectivity index (χ3n) is 2.44. The van der Waals surface area contributed by atoms with E-state index < -0.39 is 33.7 Å². The molecule has 0 aliphatic heterocycles. The molecule has 1 heterocycles. The van der Waals surface area contributed by atoms with E-state index in [4.69, 9.17) is 0 Å². The molecule has 0 saturated carbocycles. The van der Waals surface area contributed by atoms with Crippen molar-refractivity contribution in [2.45, 2.75) is 13.5 Å². The van der Waals surface area contributed by atoms with E-state index in [1.807, 2.05) is 0 Å². The summed E-state index contributed by atoms with van der Waals surface area (Å²) in [5, 5.41) is 16.3. The van der Waals surface area contributed by atoms with Gasteiger partial charge in [-0.1, -0.05) is 5.16 Å². The molecular formula is C11H8F2N4O4. The Kier molecular flexibility index (Phi) is 3.87. The maximum atomic E-state index is 13.8. The summed E-state index contributed by atoms with van der Waals surface area (Å²) >= 11 is 0. The fourth-order valence-electron chi connectivity index (χ4n) is 1.54. The van der Waals surface area contributed by atoms with Gasteiger partial charge in [0.1, 0.15) is 5.82 Å². The number of benzene rings is 1. The second-order valence-electron chi connectivity index (χ2n) is 3.96. The van der Waals surface area contributed by atoms with Crippen molar-refractivity contribution in [3.05, 3.63) is 51.2 Å². The fourth-order valence-corrected chi connectivity index (χ4v) is 1.54. The van der Waals surface area contributed by atoms with Gasteiger partial charge >= 0.3 is 5.69 Å². The Bertz CT molecular complexity index is 716. The number of aromatic nitrogens is 2. The third-order valence-corrected chi connectivity index (χ3v) is 2.44. The van der Waals surface area contributed by atoms with Crippen LogP contribution in [0, 0.1) is 28.7 Å². The molecule has 1 aromatic heterocycles. The molecule has 0 bridgehead atoms. The van der Waals surface area contributed by atoms with E-state index >= 15 is 0 Å². The highest BCUT2D eigenvalue weighted by atomic mass is 19.1. The minimum atomic E-state index is -1.41. The van der Waals surface area contributed by atoms with Gasteiger partial charge in [0.05, 0.1) is 23.1 Å². The van der Waals surface area contributed by atoms with Gasteiger partial charge in [0, 0.05) is 6.92 Å². The quantitative estimate of drug-likeness (QED) is 0.676. The molecule has 0 radical (unpaired) electrons. The molecule has 0 atom stereocenters. The normalized spacial score (nSPS) is 10.4. The second kappa shape index (κ2) is 5.61. The number of nitro benzene ring substituents is 1. The zero-order valence-corrected chi connectivity index (χ0v) is 10.6. The molecule has 1 amide bonds. The van der Waals surface area contributed by atoms with Gasteiger partial charge in [-0.2, -0.15) is 9.37 Å². The highest BCUT2D eigenvalue weighted by molar-refractivity contribution is 5.95. The standard InChI is InChI=1S/C11H8F2N4O4/c1-5-15-9(16-21-5)4-14-11(18)7-2-6(12)3-8(10(7)13)17(19)20/h2-3H,4H2,1H3,(H,14,18). The first-order valence-corrected chi connectivity index (χ1v) is 5.59. The molecule has 21 heavy (non-hydrogen) atoms. The number of aryl methyl sites for hydroxylation is 1. The summed E-state index contributed by atoms with van der Waals surface area (Å²) in [6, 6.07) is 0.966. The van der Waals surface area contributed by atoms with Gasteiger partial charge in [-0.25, -0.2) is 4.39 Å². The Balaban J connectivity index is 2.21. The summed E-state index contributed by atoms with van der Waals surface area (Å²) in [4.78, 5) is 25.0. The number of nitrogens with one attached hydrogen (secondary N) is 1. The largest absolute Gasteiger partial charge is 0.345 e. The smallest absolute Gasteiger partial charge is 0.308 e. The minimum absolute atomic E-state index is 0.132. The maximum Gasteiger partial charge on any atom is 0.308 e. The van der Waals surface area contributed by atoms with Crippen molar-refractivity contribution in [2.24, 2.45) is 0 Å². The van der Waals surface area contributed by atoms with Gasteiger partial charge in [-0.05, 0) is 6.07 Å². The lowest BCUT2D eigenvalue weighted by Crippen LogP contribution is -2.25. The van der Waals surface area contributed by atoms with Crippen molar-refractivity contribution in [3.8, 4) is 0 Å². The molecule has 110 valence electrons. The zero-order valence-electron chi connectivity index (χ0n) is 10.6. The van der Waals surface area contributed by atoms with Crippen LogP contribution in [0.1, 0.15) is 22.1 Å². The summed E-state index contributed by atoms with van der Waals surface area (Å²) in [6.07, 6.45) is 0. The zero-order chi connectivity index (χ0) is 15.6. The summed E-state index contributed by atoms with van der Waals surface area (Å²) in [5.74, 6) is -3.14. The highest BCUT2D eigenvalue weighted by Crippen LogP contribution is 2.22. The van der Waals surface area contributed by atoms with Crippen molar-refractivity contribution in [2.75, 3.05) is 0 Å². The fraction of sp³-hybridized carbons (Fsp3) is 0.182. The first-order valence-electron chi connectivity index (χ1n) is 5.59. The molecule has 0 aliphatic rings. The molecule has 0 spiro atoms. The lowest BCUT2D eigenvalue weighted by Gasteiger charge is -2.04. The number of amides is 1. The monoisotopic (exact) mass is 298 g/mol. The molecule has 0 saturated heterocycles. The van der Waals surface area contributed by atoms with E-state index in [1.54, 1.807) is 0 Å². The molecule has 2 rings (SSSR count). The van der Waals surface area contributed by atoms with Crippen LogP contribution in [0.25, 0.3) is 0 Å². The van der Waals surface area contributed by atoms with Crippen molar-refractivity contribution in [3.63, 3.8) is 0 Å². The molecule has 8 nitrogen and oxygen atoms in total. The first-order chi connectivity index (χ1) is 9.88. The Hall–Kier alpha value is -2.91. The molecular weight excluding hydrogens is 290 g/mol. The van der Waals surface area contributed by atoms with E-state index in [9.17, 15) is 23.7 Å². The van der Waals surface area contributed by atoms with Crippen molar-refractivity contribution in [1.29, 1.82) is 0 Å². The molecule has 2 aromatic rings. The van der Waals surface area contributed by atoms with Gasteiger partial charge in [-0.15, -0.1) is 0 Å². The summed E-state index contributed by atoms with van der Waals surface area (Å²) in [6.45, 7) is 1.34. The van der Waals surface area contributed by atoms with Gasteiger partial charge in [0.25, 0.3) is 5.91 Å². The summed E-state index contributed by atoms with van der Waals surface area (Å²) < 4.78 is 31.6. The van der Waals surface area contributed by atoms with Crippen LogP contribution in [-0.4, -0.2) is 21.0 Å². The van der Waals surface area contributed by atoms with Crippen LogP contribution in [0.4, 0.5) is 14.5 Å². The van der Waals surface area contributed by atoms with Crippen LogP contribution in [0.2, 0.25) is 0 Å². The Morgan fingerprint density at radius 1 is 1.48 bits per heavy atom. The predicted molar refractivity (Wildman–Crippen MR) is 63.2 cm³/mol. The van der Waals surface area contributed by atoms with Gasteiger partial charge in [0.15, 0.2) is 5.82 Å². The van der Waals surface area contributed by atoms with E-state index in [0.717, 1.165) is 0 Å². The lowest BCUT2D eigenvalue weighted by atomic mass is 10.1. The average molecular weight is 298 g/mol. The second-order valence-corrected chi connectivity index (χ2v) is 3.96. The van der Waals surface area contributed by atoms with E-state index in [1.165, 1.54) is 6.92 Å². The number of nitro groups is 1. The SMILES string of the molecule is Cc1nc(CNC(=O)c2cc(F)cc([N+](=O)[O-])c2F)no1.